The van der Waals surface area contributed by atoms with E-state index in [1.807, 2.05) is 6.08 Å². The number of aliphatic hydroxyl groups excluding tert-OH is 5. The third-order valence-electron chi connectivity index (χ3n) is 17.3. The zero-order valence-corrected chi connectivity index (χ0v) is 55.0. The van der Waals surface area contributed by atoms with Crippen molar-refractivity contribution in [3.63, 3.8) is 0 Å². The van der Waals surface area contributed by atoms with E-state index in [0.717, 1.165) is 70.6 Å². The van der Waals surface area contributed by atoms with E-state index in [2.05, 4.69) is 50.4 Å². The molecule has 494 valence electrons. The normalized spacial score (nSPS) is 18.6. The van der Waals surface area contributed by atoms with Gasteiger partial charge in [0.2, 0.25) is 5.91 Å². The average molecular weight is 1190 g/mol. The molecule has 11 heteroatoms. The maximum atomic E-state index is 13.5. The van der Waals surface area contributed by atoms with Gasteiger partial charge in [-0.15, -0.1) is 0 Å². The van der Waals surface area contributed by atoms with Crippen molar-refractivity contribution in [2.45, 2.75) is 404 Å². The Hall–Kier alpha value is -2.12. The van der Waals surface area contributed by atoms with Gasteiger partial charge in [0.15, 0.2) is 12.4 Å². The molecule has 1 aliphatic rings. The quantitative estimate of drug-likeness (QED) is 0.0195. The van der Waals surface area contributed by atoms with Gasteiger partial charge in [-0.05, 0) is 57.8 Å². The molecule has 1 heterocycles. The summed E-state index contributed by atoms with van der Waals surface area (Å²) in [7, 11) is 0. The Labute approximate surface area is 517 Å². The molecule has 6 N–H and O–H groups in total. The Morgan fingerprint density at radius 2 is 0.821 bits per heavy atom. The highest BCUT2D eigenvalue weighted by Crippen LogP contribution is 2.26. The van der Waals surface area contributed by atoms with Gasteiger partial charge in [0.1, 0.15) is 24.4 Å². The van der Waals surface area contributed by atoms with Gasteiger partial charge in [-0.2, -0.15) is 0 Å². The Morgan fingerprint density at radius 1 is 0.464 bits per heavy atom. The zero-order chi connectivity index (χ0) is 61.0. The molecular formula is C73H137NO10. The fraction of sp³-hybridized carbons (Fsp3) is 0.890. The van der Waals surface area contributed by atoms with Crippen molar-refractivity contribution < 1.29 is 49.3 Å². The summed E-state index contributed by atoms with van der Waals surface area (Å²) in [5.41, 5.74) is 0. The van der Waals surface area contributed by atoms with Gasteiger partial charge in [0.25, 0.3) is 0 Å². The number of unbranched alkanes of at least 4 members (excludes halogenated alkanes) is 45. The van der Waals surface area contributed by atoms with Gasteiger partial charge in [-0.25, -0.2) is 0 Å². The summed E-state index contributed by atoms with van der Waals surface area (Å²) in [6.45, 7) is 5.82. The summed E-state index contributed by atoms with van der Waals surface area (Å²) in [5.74, 6) is -1.18. The van der Waals surface area contributed by atoms with Crippen molar-refractivity contribution in [1.82, 2.24) is 5.32 Å². The second-order valence-corrected chi connectivity index (χ2v) is 25.3. The van der Waals surface area contributed by atoms with Crippen molar-refractivity contribution in [3.05, 3.63) is 36.5 Å². The second kappa shape index (κ2) is 61.1. The number of hydrogen-bond donors (Lipinski definition) is 6. The molecule has 1 fully saturated rings. The third kappa shape index (κ3) is 47.9. The smallest absolute Gasteiger partial charge is 0.306 e. The molecule has 1 aliphatic heterocycles. The van der Waals surface area contributed by atoms with Crippen molar-refractivity contribution >= 4 is 11.9 Å². The number of aliphatic hydroxyl groups is 5. The Balaban J connectivity index is 2.55. The molecule has 11 nitrogen and oxygen atoms in total. The third-order valence-corrected chi connectivity index (χ3v) is 17.3. The first-order valence-electron chi connectivity index (χ1n) is 36.3. The molecule has 0 aromatic heterocycles. The maximum Gasteiger partial charge on any atom is 0.306 e. The SMILES string of the molecule is CCCCC/C=C\C/C=C\CCCCCCCCCCCCC(O)C(=O)NC(COC1OC(CO)C(O)C(O)C1OC(=O)CCCCCCCCCCCCCCCCCCCCCCCCC)C(O)/C=C/CCCCCCCCCCCC. The summed E-state index contributed by atoms with van der Waals surface area (Å²) in [4.78, 5) is 26.7. The van der Waals surface area contributed by atoms with Crippen LogP contribution in [0.15, 0.2) is 36.5 Å². The molecule has 0 aromatic rings. The lowest BCUT2D eigenvalue weighted by Gasteiger charge is -2.41. The van der Waals surface area contributed by atoms with Gasteiger partial charge in [0.05, 0.1) is 25.4 Å². The molecule has 0 radical (unpaired) electrons. The highest BCUT2D eigenvalue weighted by molar-refractivity contribution is 5.80. The van der Waals surface area contributed by atoms with Crippen LogP contribution in [0.1, 0.15) is 355 Å². The van der Waals surface area contributed by atoms with Crippen molar-refractivity contribution in [1.29, 1.82) is 0 Å². The van der Waals surface area contributed by atoms with Crippen molar-refractivity contribution in [2.24, 2.45) is 0 Å². The Bertz CT molecular complexity index is 1510. The second-order valence-electron chi connectivity index (χ2n) is 25.3. The first-order valence-corrected chi connectivity index (χ1v) is 36.3. The monoisotopic (exact) mass is 1190 g/mol. The summed E-state index contributed by atoms with van der Waals surface area (Å²) in [5, 5.41) is 57.3. The van der Waals surface area contributed by atoms with Crippen LogP contribution < -0.4 is 5.32 Å². The van der Waals surface area contributed by atoms with Crippen LogP contribution >= 0.6 is 0 Å². The zero-order valence-electron chi connectivity index (χ0n) is 55.0. The summed E-state index contributed by atoms with van der Waals surface area (Å²) in [6, 6.07) is -1.02. The van der Waals surface area contributed by atoms with Crippen LogP contribution in [0, 0.1) is 0 Å². The summed E-state index contributed by atoms with van der Waals surface area (Å²) >= 11 is 0. The standard InChI is InChI=1S/C73H137NO10/c1-4-7-10-13-16-19-22-25-27-29-31-33-34-35-37-39-41-43-46-49-52-55-58-61-68(78)84-71-70(80)69(79)67(62-75)83-73(71)82-63-64(65(76)59-56-53-50-47-44-24-21-18-15-12-9-6-3)74-72(81)66(77)60-57-54-51-48-45-42-40-38-36-32-30-28-26-23-20-17-14-11-8-5-2/h17,20,26,28,56,59,64-67,69-71,73,75-77,79-80H,4-16,18-19,21-25,27,29-55,57-58,60-63H2,1-3H3,(H,74,81)/b20-17-,28-26-,59-56+. The van der Waals surface area contributed by atoms with Gasteiger partial charge in [-0.1, -0.05) is 327 Å². The molecule has 84 heavy (non-hydrogen) atoms. The van der Waals surface area contributed by atoms with Crippen LogP contribution in [0.4, 0.5) is 0 Å². The van der Waals surface area contributed by atoms with E-state index in [0.29, 0.717) is 19.3 Å². The van der Waals surface area contributed by atoms with Crippen LogP contribution in [-0.4, -0.2) is 99.6 Å². The van der Waals surface area contributed by atoms with E-state index >= 15 is 0 Å². The van der Waals surface area contributed by atoms with Gasteiger partial charge >= 0.3 is 5.97 Å². The highest BCUT2D eigenvalue weighted by Gasteiger charge is 2.47. The first kappa shape index (κ1) is 79.9. The van der Waals surface area contributed by atoms with E-state index in [9.17, 15) is 35.1 Å². The first-order chi connectivity index (χ1) is 41.2. The van der Waals surface area contributed by atoms with Gasteiger partial charge in [0, 0.05) is 6.42 Å². The van der Waals surface area contributed by atoms with E-state index in [4.69, 9.17) is 14.2 Å². The lowest BCUT2D eigenvalue weighted by Crippen LogP contribution is -2.61. The van der Waals surface area contributed by atoms with Gasteiger partial charge in [-0.3, -0.25) is 9.59 Å². The van der Waals surface area contributed by atoms with E-state index in [-0.39, 0.29) is 13.0 Å². The number of nitrogens with one attached hydrogen (secondary N) is 1. The van der Waals surface area contributed by atoms with Crippen LogP contribution in [-0.2, 0) is 23.8 Å². The molecule has 1 saturated heterocycles. The van der Waals surface area contributed by atoms with Gasteiger partial charge < -0.3 is 45.1 Å². The molecule has 1 rings (SSSR count). The molecule has 1 amide bonds. The molecule has 8 atom stereocenters. The molecule has 0 aromatic carbocycles. The van der Waals surface area contributed by atoms with Crippen LogP contribution in [0.25, 0.3) is 0 Å². The van der Waals surface area contributed by atoms with Crippen LogP contribution in [0.3, 0.4) is 0 Å². The minimum Gasteiger partial charge on any atom is -0.454 e. The number of esters is 1. The predicted octanol–water partition coefficient (Wildman–Crippen LogP) is 18.6. The number of hydrogen-bond acceptors (Lipinski definition) is 10. The van der Waals surface area contributed by atoms with E-state index in [1.54, 1.807) is 6.08 Å². The summed E-state index contributed by atoms with van der Waals surface area (Å²) in [6.07, 6.45) is 64.7. The number of allylic oxidation sites excluding steroid dienone is 5. The van der Waals surface area contributed by atoms with Crippen molar-refractivity contribution in [2.75, 3.05) is 13.2 Å². The number of ether oxygens (including phenoxy) is 3. The topological polar surface area (TPSA) is 175 Å². The average Bonchev–Trinajstić information content (AvgIpc) is 3.52. The van der Waals surface area contributed by atoms with Crippen LogP contribution in [0.2, 0.25) is 0 Å². The number of carbonyl (C=O) groups excluding carboxylic acids is 2. The number of rotatable bonds is 63. The molecular weight excluding hydrogens is 1050 g/mol. The minimum atomic E-state index is -1.61. The number of carbonyl (C=O) groups is 2. The largest absolute Gasteiger partial charge is 0.454 e. The molecule has 0 aliphatic carbocycles. The van der Waals surface area contributed by atoms with Crippen LogP contribution in [0.5, 0.6) is 0 Å². The molecule has 8 unspecified atom stereocenters. The molecule has 0 saturated carbocycles. The van der Waals surface area contributed by atoms with E-state index < -0.39 is 67.4 Å². The fourth-order valence-corrected chi connectivity index (χ4v) is 11.6. The lowest BCUT2D eigenvalue weighted by molar-refractivity contribution is -0.305. The fourth-order valence-electron chi connectivity index (χ4n) is 11.6. The lowest BCUT2D eigenvalue weighted by atomic mass is 9.99. The molecule has 0 bridgehead atoms. The molecule has 0 spiro atoms. The predicted molar refractivity (Wildman–Crippen MR) is 352 cm³/mol. The summed E-state index contributed by atoms with van der Waals surface area (Å²) < 4.78 is 17.7. The number of amides is 1. The van der Waals surface area contributed by atoms with E-state index in [1.165, 1.54) is 238 Å². The van der Waals surface area contributed by atoms with Crippen molar-refractivity contribution in [3.8, 4) is 0 Å². The Kier molecular flexibility index (Phi) is 58.1. The minimum absolute atomic E-state index is 0.129. The highest BCUT2D eigenvalue weighted by atomic mass is 16.7. The Morgan fingerprint density at radius 3 is 1.24 bits per heavy atom. The maximum absolute atomic E-state index is 13.5.